The molecule has 0 aliphatic rings. The summed E-state index contributed by atoms with van der Waals surface area (Å²) in [5.41, 5.74) is 0.861. The van der Waals surface area contributed by atoms with Gasteiger partial charge in [-0.1, -0.05) is 0 Å². The summed E-state index contributed by atoms with van der Waals surface area (Å²) in [4.78, 5) is 0. The highest BCUT2D eigenvalue weighted by molar-refractivity contribution is 5.55. The van der Waals surface area contributed by atoms with Crippen LogP contribution in [0.3, 0.4) is 0 Å². The minimum atomic E-state index is 0.0505. The van der Waals surface area contributed by atoms with Crippen molar-refractivity contribution in [1.29, 1.82) is 0 Å². The zero-order chi connectivity index (χ0) is 11.7. The van der Waals surface area contributed by atoms with Crippen LogP contribution >= 0.6 is 0 Å². The van der Waals surface area contributed by atoms with Gasteiger partial charge >= 0.3 is 0 Å². The quantitative estimate of drug-likeness (QED) is 0.861. The van der Waals surface area contributed by atoms with E-state index >= 15 is 0 Å². The minimum Gasteiger partial charge on any atom is -0.466 e. The van der Waals surface area contributed by atoms with Crippen molar-refractivity contribution in [3.05, 3.63) is 23.5 Å². The fourth-order valence-electron chi connectivity index (χ4n) is 1.49. The van der Waals surface area contributed by atoms with Crippen LogP contribution in [0.25, 0.3) is 11.5 Å². The molecule has 0 radical (unpaired) electrons. The molecule has 86 valence electrons. The molecule has 0 saturated carbocycles. The summed E-state index contributed by atoms with van der Waals surface area (Å²) in [6.07, 6.45) is 0. The Labute approximate surface area is 93.9 Å². The summed E-state index contributed by atoms with van der Waals surface area (Å²) < 4.78 is 11.0. The Bertz CT molecular complexity index is 487. The molecule has 0 amide bonds. The topological polar surface area (TPSA) is 64.1 Å². The van der Waals surface area contributed by atoms with Gasteiger partial charge in [-0.3, -0.25) is 0 Å². The number of rotatable bonds is 3. The highest BCUT2D eigenvalue weighted by Crippen LogP contribution is 2.26. The first-order valence-electron chi connectivity index (χ1n) is 5.20. The van der Waals surface area contributed by atoms with E-state index in [1.54, 1.807) is 0 Å². The molecule has 0 spiro atoms. The highest BCUT2D eigenvalue weighted by Gasteiger charge is 2.16. The number of aromatic nitrogens is 2. The second-order valence-corrected chi connectivity index (χ2v) is 3.78. The molecule has 2 rings (SSSR count). The lowest BCUT2D eigenvalue weighted by molar-refractivity contribution is 0.440. The van der Waals surface area contributed by atoms with Crippen molar-refractivity contribution in [2.75, 3.05) is 7.05 Å². The first-order chi connectivity index (χ1) is 7.61. The summed E-state index contributed by atoms with van der Waals surface area (Å²) in [6.45, 7) is 5.74. The molecule has 1 N–H and O–H groups in total. The molecule has 1 unspecified atom stereocenters. The van der Waals surface area contributed by atoms with Crippen LogP contribution in [0.5, 0.6) is 0 Å². The summed E-state index contributed by atoms with van der Waals surface area (Å²) in [6, 6.07) is 1.95. The van der Waals surface area contributed by atoms with Crippen molar-refractivity contribution in [1.82, 2.24) is 15.5 Å². The Morgan fingerprint density at radius 3 is 2.56 bits per heavy atom. The summed E-state index contributed by atoms with van der Waals surface area (Å²) >= 11 is 0. The van der Waals surface area contributed by atoms with Gasteiger partial charge in [-0.15, -0.1) is 10.2 Å². The second kappa shape index (κ2) is 4.09. The zero-order valence-corrected chi connectivity index (χ0v) is 9.87. The molecule has 16 heavy (non-hydrogen) atoms. The number of nitrogens with one attached hydrogen (secondary N) is 1. The SMILES string of the molecule is CNC(C)c1nnc(-c2cc(C)oc2C)o1. The van der Waals surface area contributed by atoms with Gasteiger partial charge in [0.05, 0.1) is 11.6 Å². The van der Waals surface area contributed by atoms with Crippen molar-refractivity contribution >= 4 is 0 Å². The number of hydrogen-bond donors (Lipinski definition) is 1. The molecule has 0 aliphatic heterocycles. The van der Waals surface area contributed by atoms with Crippen LogP contribution in [0.4, 0.5) is 0 Å². The fraction of sp³-hybridized carbons (Fsp3) is 0.455. The van der Waals surface area contributed by atoms with Crippen LogP contribution in [-0.4, -0.2) is 17.2 Å². The minimum absolute atomic E-state index is 0.0505. The van der Waals surface area contributed by atoms with E-state index in [2.05, 4.69) is 15.5 Å². The second-order valence-electron chi connectivity index (χ2n) is 3.78. The van der Waals surface area contributed by atoms with Gasteiger partial charge in [0.25, 0.3) is 5.89 Å². The van der Waals surface area contributed by atoms with Gasteiger partial charge in [0.15, 0.2) is 0 Å². The summed E-state index contributed by atoms with van der Waals surface area (Å²) in [7, 11) is 1.85. The number of hydrogen-bond acceptors (Lipinski definition) is 5. The first-order valence-corrected chi connectivity index (χ1v) is 5.20. The standard InChI is InChI=1S/C11H15N3O2/c1-6-5-9(8(3)15-6)11-14-13-10(16-11)7(2)12-4/h5,7,12H,1-4H3. The lowest BCUT2D eigenvalue weighted by Crippen LogP contribution is -2.12. The number of nitrogens with zero attached hydrogens (tertiary/aromatic N) is 2. The van der Waals surface area contributed by atoms with E-state index in [9.17, 15) is 0 Å². The van der Waals surface area contributed by atoms with Gasteiger partial charge in [0.1, 0.15) is 11.5 Å². The van der Waals surface area contributed by atoms with Gasteiger partial charge in [0, 0.05) is 0 Å². The Kier molecular flexibility index (Phi) is 2.78. The van der Waals surface area contributed by atoms with Crippen LogP contribution in [0.15, 0.2) is 14.9 Å². The molecular weight excluding hydrogens is 206 g/mol. The molecule has 0 aliphatic carbocycles. The van der Waals surface area contributed by atoms with Gasteiger partial charge in [-0.2, -0.15) is 0 Å². The van der Waals surface area contributed by atoms with Gasteiger partial charge < -0.3 is 14.2 Å². The Morgan fingerprint density at radius 1 is 1.25 bits per heavy atom. The van der Waals surface area contributed by atoms with E-state index in [4.69, 9.17) is 8.83 Å². The fourth-order valence-corrected chi connectivity index (χ4v) is 1.49. The third-order valence-corrected chi connectivity index (χ3v) is 2.52. The zero-order valence-electron chi connectivity index (χ0n) is 9.87. The third-order valence-electron chi connectivity index (χ3n) is 2.52. The average molecular weight is 221 g/mol. The van der Waals surface area contributed by atoms with E-state index < -0.39 is 0 Å². The molecule has 0 fully saturated rings. The Balaban J connectivity index is 2.35. The molecule has 5 nitrogen and oxygen atoms in total. The van der Waals surface area contributed by atoms with E-state index in [0.717, 1.165) is 17.1 Å². The predicted octanol–water partition coefficient (Wildman–Crippen LogP) is 2.23. The monoisotopic (exact) mass is 221 g/mol. The molecule has 0 saturated heterocycles. The van der Waals surface area contributed by atoms with Crippen LogP contribution in [0.2, 0.25) is 0 Å². The maximum Gasteiger partial charge on any atom is 0.251 e. The van der Waals surface area contributed by atoms with E-state index in [-0.39, 0.29) is 6.04 Å². The van der Waals surface area contributed by atoms with Crippen molar-refractivity contribution in [2.24, 2.45) is 0 Å². The highest BCUT2D eigenvalue weighted by atomic mass is 16.4. The maximum absolute atomic E-state index is 5.57. The Hall–Kier alpha value is -1.62. The number of aryl methyl sites for hydroxylation is 2. The van der Waals surface area contributed by atoms with E-state index in [1.165, 1.54) is 0 Å². The van der Waals surface area contributed by atoms with E-state index in [0.29, 0.717) is 11.8 Å². The van der Waals surface area contributed by atoms with Crippen molar-refractivity contribution in [3.8, 4) is 11.5 Å². The first kappa shape index (κ1) is 10.9. The van der Waals surface area contributed by atoms with Crippen molar-refractivity contribution in [2.45, 2.75) is 26.8 Å². The maximum atomic E-state index is 5.57. The smallest absolute Gasteiger partial charge is 0.251 e. The van der Waals surface area contributed by atoms with Gasteiger partial charge in [-0.05, 0) is 33.9 Å². The van der Waals surface area contributed by atoms with Crippen LogP contribution in [0.1, 0.15) is 30.4 Å². The van der Waals surface area contributed by atoms with Crippen molar-refractivity contribution < 1.29 is 8.83 Å². The largest absolute Gasteiger partial charge is 0.466 e. The molecule has 5 heteroatoms. The number of furan rings is 1. The summed E-state index contributed by atoms with van der Waals surface area (Å²) in [5, 5.41) is 11.1. The lowest BCUT2D eigenvalue weighted by atomic mass is 10.2. The van der Waals surface area contributed by atoms with Crippen LogP contribution in [-0.2, 0) is 0 Å². The summed E-state index contributed by atoms with van der Waals surface area (Å²) in [5.74, 6) is 2.72. The van der Waals surface area contributed by atoms with Crippen LogP contribution < -0.4 is 5.32 Å². The third kappa shape index (κ3) is 1.86. The molecule has 0 aromatic carbocycles. The van der Waals surface area contributed by atoms with Gasteiger partial charge in [0.2, 0.25) is 5.89 Å². The van der Waals surface area contributed by atoms with Crippen molar-refractivity contribution in [3.63, 3.8) is 0 Å². The van der Waals surface area contributed by atoms with Crippen LogP contribution in [0, 0.1) is 13.8 Å². The molecule has 0 bridgehead atoms. The lowest BCUT2D eigenvalue weighted by Gasteiger charge is -2.01. The molecule has 2 heterocycles. The normalized spacial score (nSPS) is 13.0. The predicted molar refractivity (Wildman–Crippen MR) is 58.9 cm³/mol. The Morgan fingerprint density at radius 2 is 2.00 bits per heavy atom. The van der Waals surface area contributed by atoms with E-state index in [1.807, 2.05) is 33.9 Å². The molecule has 2 aromatic rings. The van der Waals surface area contributed by atoms with Gasteiger partial charge in [-0.25, -0.2) is 0 Å². The molecule has 1 atom stereocenters. The molecular formula is C11H15N3O2. The molecule has 2 aromatic heterocycles. The average Bonchev–Trinajstić information content (AvgIpc) is 2.83.